The zero-order valence-corrected chi connectivity index (χ0v) is 45.8. The predicted octanol–water partition coefficient (Wildman–Crippen LogP) is 16.2. The van der Waals surface area contributed by atoms with Crippen molar-refractivity contribution in [2.24, 2.45) is 0 Å². The van der Waals surface area contributed by atoms with Crippen LogP contribution in [0.2, 0.25) is 72.5 Å². The Hall–Kier alpha value is -0.412. The normalized spacial score (nSPS) is 14.7. The molecule has 0 aliphatic carbocycles. The first-order valence-corrected chi connectivity index (χ1v) is 36.6. The maximum absolute atomic E-state index is 2.66. The zero-order chi connectivity index (χ0) is 40.6. The molecule has 0 bridgehead atoms. The molecule has 6 rings (SSSR count). The Morgan fingerprint density at radius 1 is 0.333 bits per heavy atom. The van der Waals surface area contributed by atoms with Gasteiger partial charge in [-0.3, -0.25) is 0 Å². The monoisotopic (exact) mass is 898 g/mol. The predicted molar refractivity (Wildman–Crippen MR) is 272 cm³/mol. The van der Waals surface area contributed by atoms with Crippen molar-refractivity contribution in [1.29, 1.82) is 0 Å². The molecule has 0 radical (unpaired) electrons. The Bertz CT molecular complexity index is 2170. The van der Waals surface area contributed by atoms with Crippen molar-refractivity contribution >= 4 is 138 Å². The molecule has 10 heteroatoms. The molecule has 0 nitrogen and oxygen atoms in total. The van der Waals surface area contributed by atoms with Crippen LogP contribution in [0.15, 0.2) is 36.4 Å². The van der Waals surface area contributed by atoms with Crippen molar-refractivity contribution in [2.75, 3.05) is 0 Å². The summed E-state index contributed by atoms with van der Waals surface area (Å²) in [6.45, 7) is 50.2. The van der Waals surface area contributed by atoms with E-state index in [9.17, 15) is 0 Å². The number of rotatable bonds is 7. The molecule has 294 valence electrons. The molecule has 6 heterocycles. The standard InChI is InChI=1S/C44H66S6Si4/c1-41(2,3)51(13,14)31-23-21-29(45-31)35-27-25-33(53(17,18)43(7,8)9)47-37(27)39(49-35)40-38-28(26-34(48-38)54(19,20)44(10,11)12)36(50-40)30-22-24-32(46-30)52(15,16)42(4,5)6/h21-26H,1-20H3. The van der Waals surface area contributed by atoms with Crippen LogP contribution in [0.5, 0.6) is 0 Å². The summed E-state index contributed by atoms with van der Waals surface area (Å²) in [4.78, 5) is 8.96. The molecule has 6 aromatic rings. The summed E-state index contributed by atoms with van der Waals surface area (Å²) in [6.07, 6.45) is 0. The van der Waals surface area contributed by atoms with E-state index in [1.807, 2.05) is 0 Å². The summed E-state index contributed by atoms with van der Waals surface area (Å²) in [5, 5.41) is 4.21. The minimum absolute atomic E-state index is 0.285. The van der Waals surface area contributed by atoms with Crippen LogP contribution in [0.4, 0.5) is 0 Å². The van der Waals surface area contributed by atoms with Gasteiger partial charge in [-0.2, -0.15) is 0 Å². The van der Waals surface area contributed by atoms with Gasteiger partial charge in [-0.15, -0.1) is 68.0 Å². The average Bonchev–Trinajstić information content (AvgIpc) is 3.83. The van der Waals surface area contributed by atoms with Gasteiger partial charge in [-0.05, 0) is 62.4 Å². The molecule has 0 saturated carbocycles. The van der Waals surface area contributed by atoms with Gasteiger partial charge in [0.15, 0.2) is 0 Å². The molecule has 0 amide bonds. The van der Waals surface area contributed by atoms with E-state index in [0.717, 1.165) is 0 Å². The number of hydrogen-bond donors (Lipinski definition) is 0. The Morgan fingerprint density at radius 3 is 0.889 bits per heavy atom. The highest BCUT2D eigenvalue weighted by atomic mass is 32.1. The smallest absolute Gasteiger partial charge is 0.0987 e. The van der Waals surface area contributed by atoms with E-state index in [1.165, 1.54) is 49.4 Å². The summed E-state index contributed by atoms with van der Waals surface area (Å²) >= 11 is 12.6. The van der Waals surface area contributed by atoms with E-state index in [0.29, 0.717) is 10.1 Å². The number of hydrogen-bond acceptors (Lipinski definition) is 6. The Labute approximate surface area is 356 Å². The molecule has 0 atom stereocenters. The van der Waals surface area contributed by atoms with E-state index in [2.05, 4.69) is 240 Å². The summed E-state index contributed by atoms with van der Waals surface area (Å²) in [7, 11) is -6.79. The minimum Gasteiger partial charge on any atom is -0.144 e. The summed E-state index contributed by atoms with van der Waals surface area (Å²) in [5.74, 6) is 0. The molecule has 0 aromatic carbocycles. The van der Waals surface area contributed by atoms with E-state index >= 15 is 0 Å². The highest BCUT2D eigenvalue weighted by Gasteiger charge is 2.43. The second kappa shape index (κ2) is 13.6. The average molecular weight is 900 g/mol. The van der Waals surface area contributed by atoms with Crippen LogP contribution >= 0.6 is 68.0 Å². The van der Waals surface area contributed by atoms with Gasteiger partial charge in [0.2, 0.25) is 0 Å². The van der Waals surface area contributed by atoms with Gasteiger partial charge in [0, 0.05) is 20.5 Å². The third-order valence-electron chi connectivity index (χ3n) is 14.6. The second-order valence-corrected chi connectivity index (χ2v) is 51.0. The van der Waals surface area contributed by atoms with E-state index in [1.54, 1.807) is 18.0 Å². The van der Waals surface area contributed by atoms with Crippen LogP contribution < -0.4 is 18.0 Å². The maximum Gasteiger partial charge on any atom is 0.0987 e. The van der Waals surface area contributed by atoms with Gasteiger partial charge in [0.05, 0.1) is 61.2 Å². The van der Waals surface area contributed by atoms with Gasteiger partial charge in [0.25, 0.3) is 0 Å². The lowest BCUT2D eigenvalue weighted by molar-refractivity contribution is 0.730. The van der Waals surface area contributed by atoms with Crippen LogP contribution in [0.25, 0.3) is 49.4 Å². The van der Waals surface area contributed by atoms with Crippen molar-refractivity contribution in [3.05, 3.63) is 36.4 Å². The largest absolute Gasteiger partial charge is 0.144 e. The summed E-state index contributed by atoms with van der Waals surface area (Å²) < 4.78 is 9.61. The lowest BCUT2D eigenvalue weighted by Gasteiger charge is -2.36. The molecule has 0 spiro atoms. The minimum atomic E-state index is -1.75. The third-order valence-corrected chi connectivity index (χ3v) is 49.4. The molecule has 0 N–H and O–H groups in total. The molecular formula is C44H66S6Si4. The van der Waals surface area contributed by atoms with Gasteiger partial charge in [0.1, 0.15) is 0 Å². The Balaban J connectivity index is 1.65. The van der Waals surface area contributed by atoms with Gasteiger partial charge < -0.3 is 0 Å². The van der Waals surface area contributed by atoms with Crippen LogP contribution in [-0.2, 0) is 0 Å². The van der Waals surface area contributed by atoms with E-state index in [4.69, 9.17) is 0 Å². The van der Waals surface area contributed by atoms with Crippen molar-refractivity contribution in [2.45, 2.75) is 156 Å². The fraction of sp³-hybridized carbons (Fsp3) is 0.545. The maximum atomic E-state index is 2.66. The van der Waals surface area contributed by atoms with Crippen molar-refractivity contribution < 1.29 is 0 Å². The Kier molecular flexibility index (Phi) is 10.8. The van der Waals surface area contributed by atoms with Crippen molar-refractivity contribution in [3.63, 3.8) is 0 Å². The molecule has 0 fully saturated rings. The number of thiophene rings is 6. The van der Waals surface area contributed by atoms with Crippen molar-refractivity contribution in [3.8, 4) is 29.3 Å². The third kappa shape index (κ3) is 6.97. The van der Waals surface area contributed by atoms with Crippen LogP contribution in [0, 0.1) is 0 Å². The van der Waals surface area contributed by atoms with E-state index in [-0.39, 0.29) is 10.1 Å². The van der Waals surface area contributed by atoms with Crippen LogP contribution in [0.1, 0.15) is 83.1 Å². The first-order chi connectivity index (χ1) is 24.3. The molecular weight excluding hydrogens is 833 g/mol. The highest BCUT2D eigenvalue weighted by Crippen LogP contribution is 2.56. The van der Waals surface area contributed by atoms with Crippen LogP contribution in [0.3, 0.4) is 0 Å². The topological polar surface area (TPSA) is 0 Å². The van der Waals surface area contributed by atoms with Crippen LogP contribution in [-0.4, -0.2) is 32.3 Å². The summed E-state index contributed by atoms with van der Waals surface area (Å²) in [6, 6.07) is 15.3. The Morgan fingerprint density at radius 2 is 0.611 bits per heavy atom. The number of fused-ring (bicyclic) bond motifs is 2. The lowest BCUT2D eigenvalue weighted by atomic mass is 10.2. The first-order valence-electron chi connectivity index (χ1n) is 19.7. The highest BCUT2D eigenvalue weighted by molar-refractivity contribution is 7.41. The quantitative estimate of drug-likeness (QED) is 0.140. The molecule has 0 aliphatic rings. The zero-order valence-electron chi connectivity index (χ0n) is 36.9. The molecule has 0 aliphatic heterocycles. The lowest BCUT2D eigenvalue weighted by Crippen LogP contribution is -2.47. The molecule has 54 heavy (non-hydrogen) atoms. The molecule has 0 saturated heterocycles. The van der Waals surface area contributed by atoms with Crippen molar-refractivity contribution in [1.82, 2.24) is 0 Å². The van der Waals surface area contributed by atoms with Gasteiger partial charge >= 0.3 is 0 Å². The van der Waals surface area contributed by atoms with Gasteiger partial charge in [-0.25, -0.2) is 0 Å². The second-order valence-electron chi connectivity index (χ2n) is 22.1. The van der Waals surface area contributed by atoms with Gasteiger partial charge in [-0.1, -0.05) is 148 Å². The fourth-order valence-corrected chi connectivity index (χ4v) is 26.9. The fourth-order valence-electron chi connectivity index (χ4n) is 6.21. The molecule has 6 aromatic heterocycles. The van der Waals surface area contributed by atoms with E-state index < -0.39 is 32.3 Å². The molecule has 0 unspecified atom stereocenters. The first kappa shape index (κ1) is 43.2. The summed E-state index contributed by atoms with van der Waals surface area (Å²) in [5.41, 5.74) is 0. The SMILES string of the molecule is CC(C)(C)[Si](C)(C)c1ccc(-c2sc(-c3sc(-c4ccc([Si](C)(C)C(C)(C)C)s4)c4cc([Si](C)(C)C(C)(C)C)sc34)c3sc([Si](C)(C)C(C)(C)C)cc23)s1.